The molecule has 1 aromatic carbocycles. The first-order chi connectivity index (χ1) is 14.0. The SMILES string of the molecule is O=C(CCN1CCC(NC(=O)NC2CCCCC2)CC1)Nc1ccc(F)c(F)c1. The van der Waals surface area contributed by atoms with Gasteiger partial charge in [-0.2, -0.15) is 0 Å². The maximum Gasteiger partial charge on any atom is 0.315 e. The van der Waals surface area contributed by atoms with Gasteiger partial charge >= 0.3 is 6.03 Å². The Hall–Kier alpha value is -2.22. The van der Waals surface area contributed by atoms with Crippen LogP contribution in [0.1, 0.15) is 51.4 Å². The lowest BCUT2D eigenvalue weighted by Crippen LogP contribution is -2.50. The zero-order valence-electron chi connectivity index (χ0n) is 16.7. The van der Waals surface area contributed by atoms with Gasteiger partial charge in [0.15, 0.2) is 11.6 Å². The van der Waals surface area contributed by atoms with E-state index in [0.29, 0.717) is 12.6 Å². The smallest absolute Gasteiger partial charge is 0.315 e. The number of carbonyl (C=O) groups is 2. The molecule has 0 bridgehead atoms. The topological polar surface area (TPSA) is 73.5 Å². The van der Waals surface area contributed by atoms with E-state index in [2.05, 4.69) is 20.9 Å². The number of anilines is 1. The minimum absolute atomic E-state index is 0.0683. The van der Waals surface area contributed by atoms with E-state index < -0.39 is 11.6 Å². The number of nitrogens with one attached hydrogen (secondary N) is 3. The van der Waals surface area contributed by atoms with Gasteiger partial charge in [0.2, 0.25) is 5.91 Å². The second-order valence-corrected chi connectivity index (χ2v) is 8.00. The summed E-state index contributed by atoms with van der Waals surface area (Å²) in [4.78, 5) is 26.4. The lowest BCUT2D eigenvalue weighted by atomic mass is 9.96. The summed E-state index contributed by atoms with van der Waals surface area (Å²) in [5.74, 6) is -2.15. The van der Waals surface area contributed by atoms with Gasteiger partial charge in [-0.15, -0.1) is 0 Å². The summed E-state index contributed by atoms with van der Waals surface area (Å²) in [5.41, 5.74) is 0.251. The Bertz CT molecular complexity index is 702. The Morgan fingerprint density at radius 3 is 2.24 bits per heavy atom. The molecule has 0 unspecified atom stereocenters. The fraction of sp³-hybridized carbons (Fsp3) is 0.619. The Morgan fingerprint density at radius 1 is 0.931 bits per heavy atom. The molecule has 6 nitrogen and oxygen atoms in total. The van der Waals surface area contributed by atoms with Crippen LogP contribution >= 0.6 is 0 Å². The van der Waals surface area contributed by atoms with Gasteiger partial charge in [-0.05, 0) is 37.8 Å². The van der Waals surface area contributed by atoms with E-state index in [1.54, 1.807) is 0 Å². The Labute approximate surface area is 170 Å². The van der Waals surface area contributed by atoms with Crippen LogP contribution in [0.3, 0.4) is 0 Å². The molecule has 3 amide bonds. The number of hydrogen-bond donors (Lipinski definition) is 3. The van der Waals surface area contributed by atoms with Crippen LogP contribution < -0.4 is 16.0 Å². The van der Waals surface area contributed by atoms with Gasteiger partial charge in [-0.25, -0.2) is 13.6 Å². The molecule has 2 aliphatic rings. The molecule has 1 saturated carbocycles. The third-order valence-electron chi connectivity index (χ3n) is 5.72. The average molecular weight is 408 g/mol. The van der Waals surface area contributed by atoms with Gasteiger partial charge in [0, 0.05) is 49.9 Å². The summed E-state index contributed by atoms with van der Waals surface area (Å²) in [6, 6.07) is 3.70. The first-order valence-electron chi connectivity index (χ1n) is 10.5. The van der Waals surface area contributed by atoms with Gasteiger partial charge in [0.25, 0.3) is 0 Å². The molecule has 8 heteroatoms. The number of nitrogens with zero attached hydrogens (tertiary/aromatic N) is 1. The van der Waals surface area contributed by atoms with Crippen LogP contribution in [0.5, 0.6) is 0 Å². The first kappa shape index (κ1) is 21.5. The second-order valence-electron chi connectivity index (χ2n) is 8.00. The molecule has 3 N–H and O–H groups in total. The maximum atomic E-state index is 13.2. The highest BCUT2D eigenvalue weighted by atomic mass is 19.2. The molecule has 1 saturated heterocycles. The largest absolute Gasteiger partial charge is 0.335 e. The molecule has 29 heavy (non-hydrogen) atoms. The zero-order valence-corrected chi connectivity index (χ0v) is 16.7. The number of amides is 3. The number of rotatable bonds is 6. The van der Waals surface area contributed by atoms with Gasteiger partial charge < -0.3 is 20.9 Å². The molecule has 2 fully saturated rings. The van der Waals surface area contributed by atoms with Crippen molar-refractivity contribution in [3.8, 4) is 0 Å². The van der Waals surface area contributed by atoms with Crippen molar-refractivity contribution in [2.24, 2.45) is 0 Å². The highest BCUT2D eigenvalue weighted by Crippen LogP contribution is 2.18. The van der Waals surface area contributed by atoms with Crippen molar-refractivity contribution in [2.45, 2.75) is 63.5 Å². The third kappa shape index (κ3) is 6.96. The Kier molecular flexibility index (Phi) is 7.80. The van der Waals surface area contributed by atoms with Crippen LogP contribution in [-0.4, -0.2) is 48.6 Å². The summed E-state index contributed by atoms with van der Waals surface area (Å²) in [5, 5.41) is 8.74. The number of likely N-dealkylation sites (tertiary alicyclic amines) is 1. The van der Waals surface area contributed by atoms with Gasteiger partial charge in [0.1, 0.15) is 0 Å². The fourth-order valence-corrected chi connectivity index (χ4v) is 4.02. The standard InChI is InChI=1S/C21H30F2N4O2/c22-18-7-6-17(14-19(18)23)24-20(28)10-13-27-11-8-16(9-12-27)26-21(29)25-15-4-2-1-3-5-15/h6-7,14-16H,1-5,8-13H2,(H,24,28)(H2,25,26,29). The van der Waals surface area contributed by atoms with Crippen molar-refractivity contribution in [3.05, 3.63) is 29.8 Å². The van der Waals surface area contributed by atoms with Crippen LogP contribution in [-0.2, 0) is 4.79 Å². The molecule has 0 spiro atoms. The second kappa shape index (κ2) is 10.5. The summed E-state index contributed by atoms with van der Waals surface area (Å²) >= 11 is 0. The van der Waals surface area contributed by atoms with E-state index in [9.17, 15) is 18.4 Å². The highest BCUT2D eigenvalue weighted by molar-refractivity contribution is 5.90. The molecule has 1 aliphatic carbocycles. The monoisotopic (exact) mass is 408 g/mol. The van der Waals surface area contributed by atoms with Gasteiger partial charge in [-0.3, -0.25) is 4.79 Å². The molecule has 1 aromatic rings. The van der Waals surface area contributed by atoms with E-state index >= 15 is 0 Å². The number of hydrogen-bond acceptors (Lipinski definition) is 3. The quantitative estimate of drug-likeness (QED) is 0.676. The van der Waals surface area contributed by atoms with Gasteiger partial charge in [-0.1, -0.05) is 19.3 Å². The van der Waals surface area contributed by atoms with E-state index in [4.69, 9.17) is 0 Å². The number of urea groups is 1. The molecule has 1 heterocycles. The predicted molar refractivity (Wildman–Crippen MR) is 108 cm³/mol. The number of benzene rings is 1. The van der Waals surface area contributed by atoms with Crippen LogP contribution in [0.4, 0.5) is 19.3 Å². The van der Waals surface area contributed by atoms with Crippen molar-refractivity contribution in [3.63, 3.8) is 0 Å². The third-order valence-corrected chi connectivity index (χ3v) is 5.72. The summed E-state index contributed by atoms with van der Waals surface area (Å²) < 4.78 is 26.1. The Balaban J connectivity index is 1.31. The minimum atomic E-state index is -0.982. The summed E-state index contributed by atoms with van der Waals surface area (Å²) in [7, 11) is 0. The van der Waals surface area contributed by atoms with Crippen LogP contribution in [0, 0.1) is 11.6 Å². The molecule has 0 atom stereocenters. The minimum Gasteiger partial charge on any atom is -0.335 e. The van der Waals surface area contributed by atoms with Crippen LogP contribution in [0.2, 0.25) is 0 Å². The van der Waals surface area contributed by atoms with E-state index in [0.717, 1.165) is 50.9 Å². The normalized spacial score (nSPS) is 19.0. The predicted octanol–water partition coefficient (Wildman–Crippen LogP) is 3.39. The number of halogens is 2. The molecular formula is C21H30F2N4O2. The zero-order chi connectivity index (χ0) is 20.6. The van der Waals surface area contributed by atoms with Crippen molar-refractivity contribution >= 4 is 17.6 Å². The van der Waals surface area contributed by atoms with E-state index in [1.807, 2.05) is 0 Å². The van der Waals surface area contributed by atoms with Gasteiger partial charge in [0.05, 0.1) is 0 Å². The van der Waals surface area contributed by atoms with Crippen molar-refractivity contribution < 1.29 is 18.4 Å². The average Bonchev–Trinajstić information content (AvgIpc) is 2.71. The summed E-state index contributed by atoms with van der Waals surface area (Å²) in [6.45, 7) is 2.22. The number of carbonyl (C=O) groups excluding carboxylic acids is 2. The van der Waals surface area contributed by atoms with Crippen molar-refractivity contribution in [2.75, 3.05) is 25.0 Å². The van der Waals surface area contributed by atoms with Crippen molar-refractivity contribution in [1.82, 2.24) is 15.5 Å². The molecule has 3 rings (SSSR count). The fourth-order valence-electron chi connectivity index (χ4n) is 4.02. The molecular weight excluding hydrogens is 378 g/mol. The lowest BCUT2D eigenvalue weighted by molar-refractivity contribution is -0.116. The Morgan fingerprint density at radius 2 is 1.59 bits per heavy atom. The van der Waals surface area contributed by atoms with Crippen LogP contribution in [0.25, 0.3) is 0 Å². The highest BCUT2D eigenvalue weighted by Gasteiger charge is 2.22. The molecule has 0 aromatic heterocycles. The van der Waals surface area contributed by atoms with Crippen molar-refractivity contribution in [1.29, 1.82) is 0 Å². The van der Waals surface area contributed by atoms with E-state index in [1.165, 1.54) is 25.3 Å². The molecule has 1 aliphatic heterocycles. The molecule has 0 radical (unpaired) electrons. The maximum absolute atomic E-state index is 13.2. The number of piperidine rings is 1. The lowest BCUT2D eigenvalue weighted by Gasteiger charge is -2.32. The van der Waals surface area contributed by atoms with Crippen LogP contribution in [0.15, 0.2) is 18.2 Å². The summed E-state index contributed by atoms with van der Waals surface area (Å²) in [6.07, 6.45) is 7.75. The van der Waals surface area contributed by atoms with E-state index in [-0.39, 0.29) is 30.1 Å². The first-order valence-corrected chi connectivity index (χ1v) is 10.5. The molecule has 160 valence electrons.